The molecule has 1 unspecified atom stereocenters. The van der Waals surface area contributed by atoms with Gasteiger partial charge in [0.15, 0.2) is 4.90 Å². The van der Waals surface area contributed by atoms with E-state index in [1.807, 2.05) is 0 Å². The van der Waals surface area contributed by atoms with Crippen LogP contribution in [0.1, 0.15) is 6.42 Å². The Morgan fingerprint density at radius 1 is 1.52 bits per heavy atom. The molecule has 1 aromatic carbocycles. The molecule has 10 heteroatoms. The first-order valence-electron chi connectivity index (χ1n) is 6.18. The van der Waals surface area contributed by atoms with Crippen LogP contribution in [-0.2, 0) is 14.8 Å². The fourth-order valence-corrected chi connectivity index (χ4v) is 3.63. The molecule has 21 heavy (non-hydrogen) atoms. The Bertz CT molecular complexity index is 642. The first-order valence-corrected chi connectivity index (χ1v) is 7.62. The SMILES string of the molecule is CN(C1CCOC1)S(=O)(=O)c1ccc(NN)cc1[N+](=O)[O-]. The monoisotopic (exact) mass is 316 g/mol. The van der Waals surface area contributed by atoms with Gasteiger partial charge in [0.1, 0.15) is 0 Å². The summed E-state index contributed by atoms with van der Waals surface area (Å²) < 4.78 is 31.4. The first kappa shape index (κ1) is 15.6. The van der Waals surface area contributed by atoms with Crippen LogP contribution in [0.2, 0.25) is 0 Å². The molecule has 9 nitrogen and oxygen atoms in total. The summed E-state index contributed by atoms with van der Waals surface area (Å²) in [5, 5.41) is 11.1. The lowest BCUT2D eigenvalue weighted by atomic mass is 10.3. The Morgan fingerprint density at radius 2 is 2.24 bits per heavy atom. The molecular formula is C11H16N4O5S. The van der Waals surface area contributed by atoms with E-state index in [2.05, 4.69) is 5.43 Å². The number of nitrogens with one attached hydrogen (secondary N) is 1. The van der Waals surface area contributed by atoms with Crippen LogP contribution >= 0.6 is 0 Å². The van der Waals surface area contributed by atoms with Crippen molar-refractivity contribution in [2.24, 2.45) is 5.84 Å². The van der Waals surface area contributed by atoms with Gasteiger partial charge in [0.05, 0.1) is 23.3 Å². The van der Waals surface area contributed by atoms with Crippen LogP contribution in [0.5, 0.6) is 0 Å². The number of likely N-dealkylation sites (N-methyl/N-ethyl adjacent to an activating group) is 1. The van der Waals surface area contributed by atoms with Gasteiger partial charge in [-0.25, -0.2) is 8.42 Å². The van der Waals surface area contributed by atoms with E-state index in [1.165, 1.54) is 19.2 Å². The van der Waals surface area contributed by atoms with Crippen molar-refractivity contribution in [3.8, 4) is 0 Å². The van der Waals surface area contributed by atoms with E-state index in [1.54, 1.807) is 0 Å². The van der Waals surface area contributed by atoms with Crippen LogP contribution in [0.25, 0.3) is 0 Å². The van der Waals surface area contributed by atoms with Crippen LogP contribution in [0, 0.1) is 10.1 Å². The average molecular weight is 316 g/mol. The number of nitro groups is 1. The Kier molecular flexibility index (Phi) is 4.42. The van der Waals surface area contributed by atoms with Gasteiger partial charge >= 0.3 is 0 Å². The summed E-state index contributed by atoms with van der Waals surface area (Å²) in [5.74, 6) is 5.19. The molecule has 0 aliphatic carbocycles. The maximum atomic E-state index is 12.6. The number of rotatable bonds is 5. The summed E-state index contributed by atoms with van der Waals surface area (Å²) in [6.45, 7) is 0.759. The molecule has 1 aromatic rings. The lowest BCUT2D eigenvalue weighted by Gasteiger charge is -2.22. The van der Waals surface area contributed by atoms with Crippen molar-refractivity contribution < 1.29 is 18.1 Å². The molecular weight excluding hydrogens is 300 g/mol. The number of nitrogen functional groups attached to an aromatic ring is 1. The molecule has 0 spiro atoms. The average Bonchev–Trinajstić information content (AvgIpc) is 2.99. The van der Waals surface area contributed by atoms with Crippen LogP contribution in [-0.4, -0.2) is 43.9 Å². The van der Waals surface area contributed by atoms with Gasteiger partial charge in [0.25, 0.3) is 5.69 Å². The van der Waals surface area contributed by atoms with E-state index in [4.69, 9.17) is 10.6 Å². The molecule has 0 saturated carbocycles. The maximum Gasteiger partial charge on any atom is 0.291 e. The normalized spacial score (nSPS) is 18.9. The zero-order valence-corrected chi connectivity index (χ0v) is 12.2. The number of hydrazine groups is 1. The van der Waals surface area contributed by atoms with E-state index >= 15 is 0 Å². The molecule has 0 radical (unpaired) electrons. The number of hydrogen-bond donors (Lipinski definition) is 2. The van der Waals surface area contributed by atoms with Gasteiger partial charge in [-0.3, -0.25) is 16.0 Å². The summed E-state index contributed by atoms with van der Waals surface area (Å²) in [6.07, 6.45) is 0.561. The summed E-state index contributed by atoms with van der Waals surface area (Å²) in [4.78, 5) is 10.0. The second-order valence-corrected chi connectivity index (χ2v) is 6.59. The minimum absolute atomic E-state index is 0.257. The fourth-order valence-electron chi connectivity index (χ4n) is 2.13. The molecule has 1 saturated heterocycles. The molecule has 0 amide bonds. The third-order valence-electron chi connectivity index (χ3n) is 3.40. The van der Waals surface area contributed by atoms with Gasteiger partial charge in [0.2, 0.25) is 10.0 Å². The lowest BCUT2D eigenvalue weighted by molar-refractivity contribution is -0.387. The second kappa shape index (κ2) is 5.93. The molecule has 1 aliphatic rings. The highest BCUT2D eigenvalue weighted by molar-refractivity contribution is 7.89. The van der Waals surface area contributed by atoms with Crippen LogP contribution < -0.4 is 11.3 Å². The fraction of sp³-hybridized carbons (Fsp3) is 0.455. The molecule has 3 N–H and O–H groups in total. The van der Waals surface area contributed by atoms with Crippen molar-refractivity contribution in [2.75, 3.05) is 25.7 Å². The van der Waals surface area contributed by atoms with Gasteiger partial charge in [-0.1, -0.05) is 0 Å². The standard InChI is InChI=1S/C11H16N4O5S/c1-14(9-4-5-20-7-9)21(18,19)11-3-2-8(13-12)6-10(11)15(16)17/h2-3,6,9,13H,4-5,7,12H2,1H3. The van der Waals surface area contributed by atoms with E-state index in [0.29, 0.717) is 13.0 Å². The topological polar surface area (TPSA) is 128 Å². The highest BCUT2D eigenvalue weighted by atomic mass is 32.2. The zero-order chi connectivity index (χ0) is 15.6. The number of benzene rings is 1. The Balaban J connectivity index is 2.46. The number of hydrogen-bond acceptors (Lipinski definition) is 7. The quantitative estimate of drug-likeness (QED) is 0.454. The Hall–Kier alpha value is -1.75. The Morgan fingerprint density at radius 3 is 2.76 bits per heavy atom. The number of ether oxygens (including phenoxy) is 1. The van der Waals surface area contributed by atoms with Gasteiger partial charge in [0, 0.05) is 19.7 Å². The van der Waals surface area contributed by atoms with E-state index in [0.717, 1.165) is 10.4 Å². The summed E-state index contributed by atoms with van der Waals surface area (Å²) >= 11 is 0. The minimum Gasteiger partial charge on any atom is -0.380 e. The van der Waals surface area contributed by atoms with Crippen molar-refractivity contribution in [3.05, 3.63) is 28.3 Å². The van der Waals surface area contributed by atoms with Gasteiger partial charge in [-0.05, 0) is 18.6 Å². The predicted molar refractivity (Wildman–Crippen MR) is 75.1 cm³/mol. The zero-order valence-electron chi connectivity index (χ0n) is 11.4. The molecule has 1 atom stereocenters. The van der Waals surface area contributed by atoms with Crippen molar-refractivity contribution in [1.82, 2.24) is 4.31 Å². The highest BCUT2D eigenvalue weighted by Gasteiger charge is 2.35. The van der Waals surface area contributed by atoms with Crippen molar-refractivity contribution in [2.45, 2.75) is 17.4 Å². The highest BCUT2D eigenvalue weighted by Crippen LogP contribution is 2.30. The van der Waals surface area contributed by atoms with E-state index < -0.39 is 20.6 Å². The van der Waals surface area contributed by atoms with Gasteiger partial charge < -0.3 is 10.2 Å². The minimum atomic E-state index is -3.98. The molecule has 0 aromatic heterocycles. The first-order chi connectivity index (χ1) is 9.87. The maximum absolute atomic E-state index is 12.6. The third kappa shape index (κ3) is 2.97. The molecule has 116 valence electrons. The third-order valence-corrected chi connectivity index (χ3v) is 5.36. The van der Waals surface area contributed by atoms with Crippen molar-refractivity contribution in [1.29, 1.82) is 0 Å². The number of sulfonamides is 1. The number of anilines is 1. The summed E-state index contributed by atoms with van der Waals surface area (Å²) in [5.41, 5.74) is 1.99. The van der Waals surface area contributed by atoms with Crippen LogP contribution in [0.15, 0.2) is 23.1 Å². The number of nitrogens with zero attached hydrogens (tertiary/aromatic N) is 2. The molecule has 1 aliphatic heterocycles. The lowest BCUT2D eigenvalue weighted by Crippen LogP contribution is -2.37. The Labute approximate surface area is 121 Å². The van der Waals surface area contributed by atoms with Crippen molar-refractivity contribution >= 4 is 21.4 Å². The van der Waals surface area contributed by atoms with E-state index in [-0.39, 0.29) is 23.2 Å². The summed E-state index contributed by atoms with van der Waals surface area (Å²) in [7, 11) is -2.58. The van der Waals surface area contributed by atoms with Crippen LogP contribution in [0.4, 0.5) is 11.4 Å². The van der Waals surface area contributed by atoms with Gasteiger partial charge in [-0.2, -0.15) is 4.31 Å². The summed E-state index contributed by atoms with van der Waals surface area (Å²) in [6, 6.07) is 3.32. The molecule has 1 heterocycles. The molecule has 2 rings (SSSR count). The number of nitro benzene ring substituents is 1. The second-order valence-electron chi connectivity index (χ2n) is 4.62. The van der Waals surface area contributed by atoms with Gasteiger partial charge in [-0.15, -0.1) is 0 Å². The molecule has 0 bridgehead atoms. The predicted octanol–water partition coefficient (Wildman–Crippen LogP) is 0.290. The number of nitrogens with two attached hydrogens (primary N) is 1. The van der Waals surface area contributed by atoms with E-state index in [9.17, 15) is 18.5 Å². The van der Waals surface area contributed by atoms with Crippen molar-refractivity contribution in [3.63, 3.8) is 0 Å². The van der Waals surface area contributed by atoms with Crippen LogP contribution in [0.3, 0.4) is 0 Å². The smallest absolute Gasteiger partial charge is 0.291 e. The molecule has 1 fully saturated rings. The largest absolute Gasteiger partial charge is 0.380 e.